The molecule has 8 aromatic carbocycles. The molecule has 0 aliphatic carbocycles. The fraction of sp³-hybridized carbons (Fsp3) is 0. The van der Waals surface area contributed by atoms with Gasteiger partial charge in [-0.25, -0.2) is 24.9 Å². The van der Waals surface area contributed by atoms with E-state index in [1.165, 1.54) is 12.7 Å². The number of rotatable bonds is 9. The number of nitrogens with zero attached hydrogens (tertiary/aromatic N) is 8. The van der Waals surface area contributed by atoms with Gasteiger partial charge in [-0.05, 0) is 107 Å². The Kier molecular flexibility index (Phi) is 9.27. The highest BCUT2D eigenvalue weighted by Crippen LogP contribution is 2.41. The van der Waals surface area contributed by atoms with Gasteiger partial charge in [-0.2, -0.15) is 0 Å². The molecular formula is C61H38N8O2. The maximum atomic E-state index is 6.76. The molecule has 334 valence electrons. The van der Waals surface area contributed by atoms with Gasteiger partial charge in [0.15, 0.2) is 0 Å². The molecule has 0 N–H and O–H groups in total. The molecule has 6 heterocycles. The molecule has 0 unspecified atom stereocenters. The number of ether oxygens (including phenoxy) is 2. The molecule has 10 nitrogen and oxygen atoms in total. The normalized spacial score (nSPS) is 11.7. The number of para-hydroxylation sites is 2. The molecule has 0 saturated heterocycles. The molecule has 14 rings (SSSR count). The minimum Gasteiger partial charge on any atom is -0.457 e. The highest BCUT2D eigenvalue weighted by Gasteiger charge is 2.20. The van der Waals surface area contributed by atoms with Crippen LogP contribution in [0.5, 0.6) is 23.0 Å². The third-order valence-corrected chi connectivity index (χ3v) is 13.3. The lowest BCUT2D eigenvalue weighted by atomic mass is 10.1. The highest BCUT2D eigenvalue weighted by molar-refractivity contribution is 6.12. The van der Waals surface area contributed by atoms with E-state index in [9.17, 15) is 0 Å². The number of pyridine rings is 2. The second kappa shape index (κ2) is 16.4. The van der Waals surface area contributed by atoms with E-state index >= 15 is 0 Å². The van der Waals surface area contributed by atoms with Gasteiger partial charge < -0.3 is 9.47 Å². The third-order valence-electron chi connectivity index (χ3n) is 13.3. The summed E-state index contributed by atoms with van der Waals surface area (Å²) < 4.78 is 20.0. The minimum absolute atomic E-state index is 0.474. The monoisotopic (exact) mass is 914 g/mol. The topological polar surface area (TPSA) is 97.7 Å². The number of benzene rings is 8. The Labute approximate surface area is 406 Å². The van der Waals surface area contributed by atoms with Crippen molar-refractivity contribution in [3.05, 3.63) is 231 Å². The summed E-state index contributed by atoms with van der Waals surface area (Å²) in [4.78, 5) is 23.2. The molecule has 0 aliphatic rings. The first-order valence-electron chi connectivity index (χ1n) is 23.3. The fourth-order valence-electron chi connectivity index (χ4n) is 10.2. The molecule has 0 bridgehead atoms. The van der Waals surface area contributed by atoms with E-state index in [1.54, 1.807) is 0 Å². The summed E-state index contributed by atoms with van der Waals surface area (Å²) in [6.45, 7) is 0. The quantitative estimate of drug-likeness (QED) is 0.142. The lowest BCUT2D eigenvalue weighted by Crippen LogP contribution is -2.01. The molecule has 10 heteroatoms. The molecule has 0 fully saturated rings. The summed E-state index contributed by atoms with van der Waals surface area (Å²) in [5.74, 6) is 4.82. The van der Waals surface area contributed by atoms with Gasteiger partial charge in [-0.15, -0.1) is 0 Å². The minimum atomic E-state index is 0.474. The Balaban J connectivity index is 0.844. The molecule has 14 aromatic rings. The summed E-state index contributed by atoms with van der Waals surface area (Å²) >= 11 is 0. The largest absolute Gasteiger partial charge is 0.457 e. The van der Waals surface area contributed by atoms with E-state index in [2.05, 4.69) is 170 Å². The van der Waals surface area contributed by atoms with Gasteiger partial charge in [0.2, 0.25) is 5.95 Å². The van der Waals surface area contributed by atoms with Gasteiger partial charge in [0.05, 0.1) is 33.1 Å². The lowest BCUT2D eigenvalue weighted by molar-refractivity contribution is 0.484. The molecule has 6 aromatic heterocycles. The van der Waals surface area contributed by atoms with E-state index < -0.39 is 0 Å². The Hall–Kier alpha value is -9.93. The average molecular weight is 915 g/mol. The Morgan fingerprint density at radius 3 is 1.07 bits per heavy atom. The summed E-state index contributed by atoms with van der Waals surface area (Å²) in [5.41, 5.74) is 10.3. The van der Waals surface area contributed by atoms with Crippen LogP contribution in [0.15, 0.2) is 231 Å². The molecular weight excluding hydrogens is 877 g/mol. The maximum absolute atomic E-state index is 6.76. The summed E-state index contributed by atoms with van der Waals surface area (Å²) in [7, 11) is 0. The van der Waals surface area contributed by atoms with Crippen LogP contribution in [-0.4, -0.2) is 38.6 Å². The molecule has 0 radical (unpaired) electrons. The van der Waals surface area contributed by atoms with Crippen LogP contribution < -0.4 is 9.47 Å². The number of aromatic nitrogens is 8. The summed E-state index contributed by atoms with van der Waals surface area (Å²) in [5, 5.41) is 6.51. The zero-order chi connectivity index (χ0) is 46.8. The predicted molar refractivity (Wildman–Crippen MR) is 282 cm³/mol. The number of hydrogen-bond acceptors (Lipinski definition) is 7. The van der Waals surface area contributed by atoms with Gasteiger partial charge in [0.25, 0.3) is 0 Å². The Morgan fingerprint density at radius 1 is 0.282 bits per heavy atom. The zero-order valence-corrected chi connectivity index (χ0v) is 37.8. The third kappa shape index (κ3) is 6.84. The lowest BCUT2D eigenvalue weighted by Gasteiger charge is -2.11. The zero-order valence-electron chi connectivity index (χ0n) is 37.8. The summed E-state index contributed by atoms with van der Waals surface area (Å²) in [6.07, 6.45) is 6.77. The second-order valence-corrected chi connectivity index (χ2v) is 17.4. The van der Waals surface area contributed by atoms with Crippen LogP contribution in [0.3, 0.4) is 0 Å². The van der Waals surface area contributed by atoms with Crippen molar-refractivity contribution in [2.24, 2.45) is 0 Å². The van der Waals surface area contributed by atoms with E-state index in [1.807, 2.05) is 77.6 Å². The Bertz CT molecular complexity index is 4100. The molecule has 71 heavy (non-hydrogen) atoms. The maximum Gasteiger partial charge on any atom is 0.237 e. The van der Waals surface area contributed by atoms with Crippen molar-refractivity contribution in [3.8, 4) is 62.8 Å². The number of fused-ring (bicyclic) bond motifs is 9. The molecule has 0 atom stereocenters. The van der Waals surface area contributed by atoms with Crippen molar-refractivity contribution in [2.75, 3.05) is 0 Å². The average Bonchev–Trinajstić information content (AvgIpc) is 4.06. The standard InChI is InChI=1S/C61H38N8O2/c1-3-11-39(12-4-1)41-27-29-63-59(31-41)67-53-17-9-7-15-47(53)49-23-19-43(33-55(49)67)70-45-21-25-51-52-26-22-46(36-58(52)69(57(51)35-45)61-65-37-62-38-66-61)71-44-20-24-50-48-16-8-10-18-54(48)68(56(50)34-44)60-32-42(28-30-64-60)40-13-5-2-6-14-40/h1-38H. The summed E-state index contributed by atoms with van der Waals surface area (Å²) in [6, 6.07) is 70.8. The first kappa shape index (κ1) is 40.2. The van der Waals surface area contributed by atoms with Crippen LogP contribution in [0.25, 0.3) is 105 Å². The van der Waals surface area contributed by atoms with Crippen molar-refractivity contribution in [2.45, 2.75) is 0 Å². The van der Waals surface area contributed by atoms with Gasteiger partial charge in [-0.1, -0.05) is 97.1 Å². The highest BCUT2D eigenvalue weighted by atomic mass is 16.5. The van der Waals surface area contributed by atoms with Crippen LogP contribution in [0.4, 0.5) is 0 Å². The van der Waals surface area contributed by atoms with E-state index in [-0.39, 0.29) is 0 Å². The first-order chi connectivity index (χ1) is 35.2. The van der Waals surface area contributed by atoms with Crippen LogP contribution >= 0.6 is 0 Å². The van der Waals surface area contributed by atoms with Crippen molar-refractivity contribution >= 4 is 65.4 Å². The van der Waals surface area contributed by atoms with E-state index in [4.69, 9.17) is 19.4 Å². The van der Waals surface area contributed by atoms with Crippen molar-refractivity contribution < 1.29 is 9.47 Å². The smallest absolute Gasteiger partial charge is 0.237 e. The van der Waals surface area contributed by atoms with Crippen LogP contribution in [-0.2, 0) is 0 Å². The SMILES string of the molecule is c1ccc(-c2ccnc(-n3c4ccccc4c4ccc(Oc5ccc6c7ccc(Oc8ccc9c%10ccccc%10n(-c%10cc(-c%11ccccc%11)ccn%10)c9c8)cc7n(-c7ncncn7)c6c5)cc43)c2)cc1. The molecule has 0 saturated carbocycles. The van der Waals surface area contributed by atoms with Crippen molar-refractivity contribution in [3.63, 3.8) is 0 Å². The van der Waals surface area contributed by atoms with Crippen LogP contribution in [0.1, 0.15) is 0 Å². The van der Waals surface area contributed by atoms with Crippen LogP contribution in [0.2, 0.25) is 0 Å². The van der Waals surface area contributed by atoms with Crippen LogP contribution in [0, 0.1) is 0 Å². The predicted octanol–water partition coefficient (Wildman–Crippen LogP) is 14.9. The molecule has 0 spiro atoms. The van der Waals surface area contributed by atoms with Crippen molar-refractivity contribution in [1.29, 1.82) is 0 Å². The fourth-order valence-corrected chi connectivity index (χ4v) is 10.2. The van der Waals surface area contributed by atoms with Gasteiger partial charge in [0, 0.05) is 69.0 Å². The number of hydrogen-bond donors (Lipinski definition) is 0. The van der Waals surface area contributed by atoms with Gasteiger partial charge >= 0.3 is 0 Å². The second-order valence-electron chi connectivity index (χ2n) is 17.4. The van der Waals surface area contributed by atoms with E-state index in [0.29, 0.717) is 28.9 Å². The molecule has 0 amide bonds. The Morgan fingerprint density at radius 2 is 0.648 bits per heavy atom. The van der Waals surface area contributed by atoms with Gasteiger partial charge in [0.1, 0.15) is 47.3 Å². The molecule has 0 aliphatic heterocycles. The van der Waals surface area contributed by atoms with E-state index in [0.717, 1.165) is 99.3 Å². The first-order valence-corrected chi connectivity index (χ1v) is 23.3. The van der Waals surface area contributed by atoms with Crippen molar-refractivity contribution in [1.82, 2.24) is 38.6 Å². The van der Waals surface area contributed by atoms with Gasteiger partial charge in [-0.3, -0.25) is 13.7 Å².